The van der Waals surface area contributed by atoms with E-state index in [2.05, 4.69) is 10.6 Å². The van der Waals surface area contributed by atoms with E-state index in [1.807, 2.05) is 0 Å². The maximum atomic E-state index is 12.1. The zero-order valence-electron chi connectivity index (χ0n) is 10.4. The summed E-state index contributed by atoms with van der Waals surface area (Å²) in [4.78, 5) is 37.8. The Labute approximate surface area is 103 Å². The number of hydrogen-bond donors (Lipinski definition) is 2. The first-order valence-electron chi connectivity index (χ1n) is 5.13. The van der Waals surface area contributed by atoms with Crippen LogP contribution < -0.4 is 10.6 Å². The van der Waals surface area contributed by atoms with Crippen molar-refractivity contribution in [3.05, 3.63) is 0 Å². The van der Waals surface area contributed by atoms with E-state index in [1.54, 1.807) is 0 Å². The Morgan fingerprint density at radius 1 is 1.06 bits per heavy atom. The zero-order valence-corrected chi connectivity index (χ0v) is 10.4. The molecule has 0 aromatic heterocycles. The van der Waals surface area contributed by atoms with Gasteiger partial charge in [0.2, 0.25) is 0 Å². The largest absolute Gasteiger partial charge is 0.345 e. The van der Waals surface area contributed by atoms with Crippen LogP contribution in [0.5, 0.6) is 0 Å². The van der Waals surface area contributed by atoms with Gasteiger partial charge in [0.15, 0.2) is 0 Å². The Hall–Kier alpha value is -1.87. The summed E-state index contributed by atoms with van der Waals surface area (Å²) in [5, 5.41) is 4.48. The lowest BCUT2D eigenvalue weighted by Crippen LogP contribution is -2.81. The highest BCUT2D eigenvalue weighted by Gasteiger charge is 2.74. The standard InChI is InChI=1S/C9H14N4O5/c1-12-7(16)13(2)9(18-4)8(12,17-3)5(14)10-6(15)11-9/h1-4H3,(H2,10,11,14,15). The Balaban J connectivity index is 2.68. The van der Waals surface area contributed by atoms with Crippen LogP contribution in [0.25, 0.3) is 0 Å². The van der Waals surface area contributed by atoms with Crippen molar-refractivity contribution in [3.8, 4) is 0 Å². The number of ether oxygens (including phenoxy) is 2. The molecule has 9 nitrogen and oxygen atoms in total. The van der Waals surface area contributed by atoms with Gasteiger partial charge in [-0.3, -0.25) is 25.2 Å². The Bertz CT molecular complexity index is 441. The van der Waals surface area contributed by atoms with E-state index < -0.39 is 29.5 Å². The van der Waals surface area contributed by atoms with Crippen molar-refractivity contribution in [1.82, 2.24) is 20.4 Å². The Morgan fingerprint density at radius 2 is 1.67 bits per heavy atom. The molecule has 2 unspecified atom stereocenters. The van der Waals surface area contributed by atoms with E-state index >= 15 is 0 Å². The number of methoxy groups -OCH3 is 2. The SMILES string of the molecule is COC12NC(=O)NC(=O)C1(OC)N(C)C(=O)N2C. The molecule has 100 valence electrons. The maximum absolute atomic E-state index is 12.1. The monoisotopic (exact) mass is 258 g/mol. The van der Waals surface area contributed by atoms with Crippen LogP contribution in [0.1, 0.15) is 0 Å². The summed E-state index contributed by atoms with van der Waals surface area (Å²) in [5.41, 5.74) is -1.78. The van der Waals surface area contributed by atoms with Crippen molar-refractivity contribution >= 4 is 18.0 Å². The topological polar surface area (TPSA) is 100 Å². The summed E-state index contributed by atoms with van der Waals surface area (Å²) in [6.07, 6.45) is 0. The molecule has 0 saturated carbocycles. The molecule has 0 radical (unpaired) electrons. The molecule has 0 aliphatic carbocycles. The molecule has 18 heavy (non-hydrogen) atoms. The molecule has 0 aromatic rings. The fourth-order valence-electron chi connectivity index (χ4n) is 2.49. The molecular weight excluding hydrogens is 244 g/mol. The van der Waals surface area contributed by atoms with Gasteiger partial charge in [-0.2, -0.15) is 0 Å². The molecule has 2 N–H and O–H groups in total. The summed E-state index contributed by atoms with van der Waals surface area (Å²) >= 11 is 0. The molecule has 9 heteroatoms. The summed E-state index contributed by atoms with van der Waals surface area (Å²) < 4.78 is 10.5. The van der Waals surface area contributed by atoms with E-state index in [0.29, 0.717) is 0 Å². The summed E-state index contributed by atoms with van der Waals surface area (Å²) in [6.45, 7) is 0. The number of carbonyl (C=O) groups is 3. The second-order valence-corrected chi connectivity index (χ2v) is 4.01. The van der Waals surface area contributed by atoms with Crippen molar-refractivity contribution in [2.75, 3.05) is 28.3 Å². The molecule has 2 aliphatic rings. The Morgan fingerprint density at radius 3 is 2.17 bits per heavy atom. The van der Waals surface area contributed by atoms with Gasteiger partial charge in [-0.25, -0.2) is 9.59 Å². The van der Waals surface area contributed by atoms with Gasteiger partial charge in [-0.1, -0.05) is 0 Å². The normalized spacial score (nSPS) is 35.4. The van der Waals surface area contributed by atoms with Crippen LogP contribution >= 0.6 is 0 Å². The average molecular weight is 258 g/mol. The van der Waals surface area contributed by atoms with Gasteiger partial charge in [0.1, 0.15) is 0 Å². The first-order valence-corrected chi connectivity index (χ1v) is 5.13. The highest BCUT2D eigenvalue weighted by molar-refractivity contribution is 6.06. The predicted octanol–water partition coefficient (Wildman–Crippen LogP) is -1.53. The van der Waals surface area contributed by atoms with Gasteiger partial charge in [0.05, 0.1) is 0 Å². The highest BCUT2D eigenvalue weighted by Crippen LogP contribution is 2.41. The summed E-state index contributed by atoms with van der Waals surface area (Å²) in [5.74, 6) is -2.47. The number of likely N-dealkylation sites (N-methyl/N-ethyl adjacent to an activating group) is 2. The van der Waals surface area contributed by atoms with Gasteiger partial charge in [-0.15, -0.1) is 0 Å². The van der Waals surface area contributed by atoms with Gasteiger partial charge in [0, 0.05) is 28.3 Å². The van der Waals surface area contributed by atoms with E-state index in [0.717, 1.165) is 9.80 Å². The van der Waals surface area contributed by atoms with E-state index in [-0.39, 0.29) is 0 Å². The number of nitrogens with one attached hydrogen (secondary N) is 2. The molecule has 0 spiro atoms. The van der Waals surface area contributed by atoms with Crippen molar-refractivity contribution in [2.45, 2.75) is 11.6 Å². The van der Waals surface area contributed by atoms with E-state index in [4.69, 9.17) is 9.47 Å². The molecule has 2 fully saturated rings. The predicted molar refractivity (Wildman–Crippen MR) is 57.1 cm³/mol. The van der Waals surface area contributed by atoms with Gasteiger partial charge < -0.3 is 9.47 Å². The molecule has 5 amide bonds. The first kappa shape index (κ1) is 12.6. The fraction of sp³-hybridized carbons (Fsp3) is 0.667. The van der Waals surface area contributed by atoms with Crippen molar-refractivity contribution in [3.63, 3.8) is 0 Å². The number of rotatable bonds is 2. The Kier molecular flexibility index (Phi) is 2.49. The second-order valence-electron chi connectivity index (χ2n) is 4.01. The van der Waals surface area contributed by atoms with Crippen LogP contribution in [0.15, 0.2) is 0 Å². The minimum atomic E-state index is -1.78. The van der Waals surface area contributed by atoms with Crippen LogP contribution in [0.2, 0.25) is 0 Å². The summed E-state index contributed by atoms with van der Waals surface area (Å²) in [7, 11) is 5.32. The number of urea groups is 2. The van der Waals surface area contributed by atoms with Crippen LogP contribution in [-0.2, 0) is 14.3 Å². The minimum Gasteiger partial charge on any atom is -0.345 e. The molecule has 2 saturated heterocycles. The van der Waals surface area contributed by atoms with Crippen molar-refractivity contribution in [2.24, 2.45) is 0 Å². The van der Waals surface area contributed by atoms with E-state index in [9.17, 15) is 14.4 Å². The molecule has 0 aromatic carbocycles. The van der Waals surface area contributed by atoms with Crippen molar-refractivity contribution in [1.29, 1.82) is 0 Å². The van der Waals surface area contributed by atoms with Crippen molar-refractivity contribution < 1.29 is 23.9 Å². The third-order valence-electron chi connectivity index (χ3n) is 3.39. The number of amides is 5. The lowest BCUT2D eigenvalue weighted by atomic mass is 10.0. The minimum absolute atomic E-state index is 0.518. The number of hydrogen-bond acceptors (Lipinski definition) is 5. The van der Waals surface area contributed by atoms with Crippen LogP contribution in [-0.4, -0.2) is 67.7 Å². The highest BCUT2D eigenvalue weighted by atomic mass is 16.6. The van der Waals surface area contributed by atoms with E-state index in [1.165, 1.54) is 28.3 Å². The zero-order chi connectivity index (χ0) is 13.7. The average Bonchev–Trinajstić information content (AvgIpc) is 2.50. The molecule has 2 aliphatic heterocycles. The molecule has 2 heterocycles. The fourth-order valence-corrected chi connectivity index (χ4v) is 2.49. The number of fused-ring (bicyclic) bond motifs is 1. The quantitative estimate of drug-likeness (QED) is 0.625. The van der Waals surface area contributed by atoms with Gasteiger partial charge >= 0.3 is 12.1 Å². The maximum Gasteiger partial charge on any atom is 0.326 e. The molecule has 2 rings (SSSR count). The lowest BCUT2D eigenvalue weighted by molar-refractivity contribution is -0.253. The smallest absolute Gasteiger partial charge is 0.326 e. The number of nitrogens with zero attached hydrogens (tertiary/aromatic N) is 2. The molecular formula is C9H14N4O5. The first-order chi connectivity index (χ1) is 8.37. The van der Waals surface area contributed by atoms with Gasteiger partial charge in [0.25, 0.3) is 17.5 Å². The van der Waals surface area contributed by atoms with Crippen LogP contribution in [0, 0.1) is 0 Å². The van der Waals surface area contributed by atoms with Crippen LogP contribution in [0.3, 0.4) is 0 Å². The third kappa shape index (κ3) is 1.05. The van der Waals surface area contributed by atoms with Gasteiger partial charge in [-0.05, 0) is 0 Å². The lowest BCUT2D eigenvalue weighted by Gasteiger charge is -2.47. The molecule has 2 atom stereocenters. The third-order valence-corrected chi connectivity index (χ3v) is 3.39. The summed E-state index contributed by atoms with van der Waals surface area (Å²) in [6, 6.07) is -1.28. The van der Waals surface area contributed by atoms with Crippen LogP contribution in [0.4, 0.5) is 9.59 Å². The number of carbonyl (C=O) groups excluding carboxylic acids is 3. The second kappa shape index (κ2) is 3.56. The molecule has 0 bridgehead atoms. The number of imide groups is 1.